The summed E-state index contributed by atoms with van der Waals surface area (Å²) in [5.41, 5.74) is 4.05. The SMILES string of the molecule is COc1ccc2c(c1)c1cc(OC)ccc1n2-c1ccc(/C=C/c2ccc(-c3ccc(/C=C(\C#N)C(=O)O)s3)s2)cc1. The van der Waals surface area contributed by atoms with Gasteiger partial charge in [0.2, 0.25) is 0 Å². The van der Waals surface area contributed by atoms with Crippen LogP contribution in [0.2, 0.25) is 0 Å². The van der Waals surface area contributed by atoms with Crippen LogP contribution < -0.4 is 9.47 Å². The van der Waals surface area contributed by atoms with E-state index in [1.807, 2.05) is 24.3 Å². The molecule has 8 heteroatoms. The number of hydrogen-bond donors (Lipinski definition) is 1. The van der Waals surface area contributed by atoms with Gasteiger partial charge in [0.25, 0.3) is 0 Å². The number of thiophene rings is 2. The molecule has 0 unspecified atom stereocenters. The molecule has 0 aliphatic rings. The van der Waals surface area contributed by atoms with Crippen molar-refractivity contribution in [3.05, 3.63) is 106 Å². The molecular weight excluding hydrogens is 565 g/mol. The average Bonchev–Trinajstić information content (AvgIpc) is 3.76. The van der Waals surface area contributed by atoms with E-state index in [1.165, 1.54) is 17.4 Å². The molecule has 0 saturated carbocycles. The molecular formula is C34H24N2O4S2. The zero-order chi connectivity index (χ0) is 29.2. The van der Waals surface area contributed by atoms with Crippen LogP contribution in [0, 0.1) is 11.3 Å². The third kappa shape index (κ3) is 5.19. The van der Waals surface area contributed by atoms with Gasteiger partial charge in [-0.1, -0.05) is 18.2 Å². The van der Waals surface area contributed by atoms with Crippen LogP contribution >= 0.6 is 22.7 Å². The highest BCUT2D eigenvalue weighted by atomic mass is 32.1. The minimum absolute atomic E-state index is 0.275. The first-order chi connectivity index (χ1) is 20.5. The molecule has 0 saturated heterocycles. The Kier molecular flexibility index (Phi) is 7.36. The number of rotatable bonds is 8. The van der Waals surface area contributed by atoms with Gasteiger partial charge in [0.1, 0.15) is 23.1 Å². The number of benzene rings is 3. The van der Waals surface area contributed by atoms with Gasteiger partial charge in [0, 0.05) is 36.0 Å². The quantitative estimate of drug-likeness (QED) is 0.142. The Balaban J connectivity index is 1.25. The standard InChI is InChI=1S/C34H24N2O4S2/c1-39-24-8-13-30-28(18-24)29-19-25(40-2)9-14-31(29)36(30)23-6-3-21(4-7-23)5-10-26-11-15-32(41-26)33-16-12-27(42-33)17-22(20-35)34(37)38/h3-19H,1-2H3,(H,37,38)/b10-5+,22-17+. The largest absolute Gasteiger partial charge is 0.497 e. The average molecular weight is 589 g/mol. The van der Waals surface area contributed by atoms with E-state index in [1.54, 1.807) is 31.6 Å². The lowest BCUT2D eigenvalue weighted by Crippen LogP contribution is -1.96. The lowest BCUT2D eigenvalue weighted by Gasteiger charge is -2.09. The highest BCUT2D eigenvalue weighted by Crippen LogP contribution is 2.37. The molecule has 6 rings (SSSR count). The molecule has 6 nitrogen and oxygen atoms in total. The Hall–Kier alpha value is -5.10. The van der Waals surface area contributed by atoms with Crippen molar-refractivity contribution in [2.45, 2.75) is 0 Å². The van der Waals surface area contributed by atoms with Crippen molar-refractivity contribution < 1.29 is 19.4 Å². The number of nitriles is 1. The molecule has 0 aliphatic heterocycles. The highest BCUT2D eigenvalue weighted by molar-refractivity contribution is 7.23. The van der Waals surface area contributed by atoms with Crippen molar-refractivity contribution in [3.63, 3.8) is 0 Å². The molecule has 1 N–H and O–H groups in total. The van der Waals surface area contributed by atoms with Crippen LogP contribution in [0.15, 0.2) is 90.5 Å². The number of fused-ring (bicyclic) bond motifs is 3. The van der Waals surface area contributed by atoms with E-state index in [9.17, 15) is 4.79 Å². The maximum Gasteiger partial charge on any atom is 0.346 e. The zero-order valence-electron chi connectivity index (χ0n) is 22.7. The van der Waals surface area contributed by atoms with E-state index < -0.39 is 5.97 Å². The fourth-order valence-corrected chi connectivity index (χ4v) is 6.80. The van der Waals surface area contributed by atoms with Gasteiger partial charge in [-0.15, -0.1) is 22.7 Å². The number of nitrogens with zero attached hydrogens (tertiary/aromatic N) is 2. The van der Waals surface area contributed by atoms with E-state index in [2.05, 4.69) is 77.4 Å². The fourth-order valence-electron chi connectivity index (χ4n) is 4.85. The van der Waals surface area contributed by atoms with Crippen LogP contribution in [0.4, 0.5) is 0 Å². The summed E-state index contributed by atoms with van der Waals surface area (Å²) in [6.45, 7) is 0. The minimum atomic E-state index is -1.22. The summed E-state index contributed by atoms with van der Waals surface area (Å²) in [4.78, 5) is 15.1. The highest BCUT2D eigenvalue weighted by Gasteiger charge is 2.14. The Morgan fingerprint density at radius 3 is 1.90 bits per heavy atom. The van der Waals surface area contributed by atoms with Gasteiger partial charge in [-0.3, -0.25) is 0 Å². The molecule has 3 heterocycles. The second kappa shape index (κ2) is 11.4. The molecule has 6 aromatic rings. The number of carboxylic acid groups (broad SMARTS) is 1. The van der Waals surface area contributed by atoms with Gasteiger partial charge in [-0.05, 0) is 90.5 Å². The van der Waals surface area contributed by atoms with Crippen molar-refractivity contribution >= 4 is 68.7 Å². The predicted molar refractivity (Wildman–Crippen MR) is 172 cm³/mol. The number of methoxy groups -OCH3 is 2. The molecule has 206 valence electrons. The van der Waals surface area contributed by atoms with Gasteiger partial charge < -0.3 is 19.1 Å². The lowest BCUT2D eigenvalue weighted by atomic mass is 10.1. The summed E-state index contributed by atoms with van der Waals surface area (Å²) in [7, 11) is 3.36. The smallest absolute Gasteiger partial charge is 0.346 e. The Labute approximate surface area is 250 Å². The van der Waals surface area contributed by atoms with Crippen molar-refractivity contribution in [1.29, 1.82) is 5.26 Å². The number of aliphatic carboxylic acids is 1. The van der Waals surface area contributed by atoms with E-state index >= 15 is 0 Å². The second-order valence-electron chi connectivity index (χ2n) is 9.41. The predicted octanol–water partition coefficient (Wildman–Crippen LogP) is 8.75. The summed E-state index contributed by atoms with van der Waals surface area (Å²) in [6.07, 6.45) is 5.59. The first kappa shape index (κ1) is 27.1. The molecule has 0 amide bonds. The number of carboxylic acids is 1. The summed E-state index contributed by atoms with van der Waals surface area (Å²) in [6, 6.07) is 30.4. The molecule has 3 aromatic carbocycles. The van der Waals surface area contributed by atoms with Crippen molar-refractivity contribution in [2.24, 2.45) is 0 Å². The Morgan fingerprint density at radius 1 is 0.786 bits per heavy atom. The Morgan fingerprint density at radius 2 is 1.36 bits per heavy atom. The number of carbonyl (C=O) groups is 1. The number of aromatic nitrogens is 1. The molecule has 0 atom stereocenters. The fraction of sp³-hybridized carbons (Fsp3) is 0.0588. The molecule has 0 spiro atoms. The van der Waals surface area contributed by atoms with E-state index in [0.29, 0.717) is 0 Å². The third-order valence-corrected chi connectivity index (χ3v) is 9.18. The van der Waals surface area contributed by atoms with E-state index in [0.717, 1.165) is 64.1 Å². The first-order valence-electron chi connectivity index (χ1n) is 13.0. The van der Waals surface area contributed by atoms with Gasteiger partial charge in [0.05, 0.1) is 25.3 Å². The van der Waals surface area contributed by atoms with Gasteiger partial charge in [-0.2, -0.15) is 5.26 Å². The second-order valence-corrected chi connectivity index (χ2v) is 11.6. The topological polar surface area (TPSA) is 84.5 Å². The van der Waals surface area contributed by atoms with Crippen LogP contribution in [-0.2, 0) is 4.79 Å². The van der Waals surface area contributed by atoms with Crippen LogP contribution in [0.25, 0.3) is 55.5 Å². The maximum atomic E-state index is 11.1. The lowest BCUT2D eigenvalue weighted by molar-refractivity contribution is -0.132. The van der Waals surface area contributed by atoms with Gasteiger partial charge in [-0.25, -0.2) is 4.79 Å². The third-order valence-electron chi connectivity index (χ3n) is 6.90. The van der Waals surface area contributed by atoms with Crippen molar-refractivity contribution in [3.8, 4) is 33.0 Å². The maximum absolute atomic E-state index is 11.1. The molecule has 0 bridgehead atoms. The molecule has 3 aromatic heterocycles. The summed E-state index contributed by atoms with van der Waals surface area (Å²) >= 11 is 3.12. The molecule has 0 radical (unpaired) electrons. The Bertz CT molecular complexity index is 1990. The first-order valence-corrected chi connectivity index (χ1v) is 14.6. The monoisotopic (exact) mass is 588 g/mol. The van der Waals surface area contributed by atoms with E-state index in [-0.39, 0.29) is 5.57 Å². The van der Waals surface area contributed by atoms with Crippen LogP contribution in [0.5, 0.6) is 11.5 Å². The molecule has 42 heavy (non-hydrogen) atoms. The van der Waals surface area contributed by atoms with Gasteiger partial charge >= 0.3 is 5.97 Å². The van der Waals surface area contributed by atoms with Crippen LogP contribution in [0.3, 0.4) is 0 Å². The minimum Gasteiger partial charge on any atom is -0.497 e. The number of hydrogen-bond acceptors (Lipinski definition) is 6. The normalized spacial score (nSPS) is 11.8. The molecule has 0 fully saturated rings. The van der Waals surface area contributed by atoms with E-state index in [4.69, 9.17) is 19.8 Å². The van der Waals surface area contributed by atoms with Crippen molar-refractivity contribution in [1.82, 2.24) is 4.57 Å². The van der Waals surface area contributed by atoms with Gasteiger partial charge in [0.15, 0.2) is 0 Å². The number of ether oxygens (including phenoxy) is 2. The summed E-state index contributed by atoms with van der Waals surface area (Å²) in [5, 5.41) is 20.3. The zero-order valence-corrected chi connectivity index (χ0v) is 24.3. The molecule has 0 aliphatic carbocycles. The van der Waals surface area contributed by atoms with Crippen LogP contribution in [-0.4, -0.2) is 29.9 Å². The summed E-state index contributed by atoms with van der Waals surface area (Å²) in [5.74, 6) is 0.397. The van der Waals surface area contributed by atoms with Crippen LogP contribution in [0.1, 0.15) is 15.3 Å². The summed E-state index contributed by atoms with van der Waals surface area (Å²) < 4.78 is 13.2. The van der Waals surface area contributed by atoms with Crippen molar-refractivity contribution in [2.75, 3.05) is 14.2 Å².